The number of benzene rings is 3. The fourth-order valence-electron chi connectivity index (χ4n) is 3.58. The molecule has 1 saturated heterocycles. The molecule has 0 atom stereocenters. The van der Waals surface area contributed by atoms with Crippen molar-refractivity contribution < 1.29 is 14.3 Å². The van der Waals surface area contributed by atoms with Crippen LogP contribution in [0.2, 0.25) is 0 Å². The molecule has 3 aromatic carbocycles. The van der Waals surface area contributed by atoms with E-state index in [1.807, 2.05) is 84.9 Å². The summed E-state index contributed by atoms with van der Waals surface area (Å²) < 4.78 is 13.4. The third-order valence-electron chi connectivity index (χ3n) is 5.25. The van der Waals surface area contributed by atoms with Gasteiger partial charge < -0.3 is 9.47 Å². The fraction of sp³-hybridized carbons (Fsp3) is 0.143. The predicted molar refractivity (Wildman–Crippen MR) is 151 cm³/mol. The van der Waals surface area contributed by atoms with Crippen LogP contribution in [0.15, 0.2) is 94.8 Å². The number of rotatable bonds is 10. The Hall–Kier alpha value is -2.87. The van der Waals surface area contributed by atoms with Gasteiger partial charge in [0.2, 0.25) is 0 Å². The number of hydrogen-bond acceptors (Lipinski definition) is 5. The molecule has 0 bridgehead atoms. The van der Waals surface area contributed by atoms with Gasteiger partial charge in [-0.25, -0.2) is 0 Å². The van der Waals surface area contributed by atoms with Crippen LogP contribution in [0.1, 0.15) is 16.7 Å². The van der Waals surface area contributed by atoms with Gasteiger partial charge in [0.05, 0.1) is 11.4 Å². The van der Waals surface area contributed by atoms with Crippen LogP contribution in [-0.4, -0.2) is 28.3 Å². The van der Waals surface area contributed by atoms with Gasteiger partial charge in [-0.1, -0.05) is 94.5 Å². The Morgan fingerprint density at radius 2 is 1.69 bits per heavy atom. The summed E-state index contributed by atoms with van der Waals surface area (Å²) in [4.78, 5) is 15.3. The van der Waals surface area contributed by atoms with Gasteiger partial charge in [-0.15, -0.1) is 6.58 Å². The average Bonchev–Trinajstić information content (AvgIpc) is 3.12. The van der Waals surface area contributed by atoms with Crippen molar-refractivity contribution in [2.75, 3.05) is 13.2 Å². The van der Waals surface area contributed by atoms with Crippen molar-refractivity contribution in [2.45, 2.75) is 13.0 Å². The number of thioether (sulfide) groups is 1. The van der Waals surface area contributed by atoms with Crippen LogP contribution < -0.4 is 9.47 Å². The van der Waals surface area contributed by atoms with Crippen molar-refractivity contribution in [3.63, 3.8) is 0 Å². The minimum Gasteiger partial charge on any atom is -0.490 e. The average molecular weight is 567 g/mol. The topological polar surface area (TPSA) is 38.8 Å². The molecular formula is C28H24BrNO3S2. The van der Waals surface area contributed by atoms with Crippen LogP contribution in [0, 0.1) is 0 Å². The normalized spacial score (nSPS) is 14.4. The van der Waals surface area contributed by atoms with E-state index >= 15 is 0 Å². The second-order valence-corrected chi connectivity index (χ2v) is 10.3. The van der Waals surface area contributed by atoms with Crippen LogP contribution in [0.3, 0.4) is 0 Å². The summed E-state index contributed by atoms with van der Waals surface area (Å²) in [6, 6.07) is 23.5. The summed E-state index contributed by atoms with van der Waals surface area (Å²) in [5.74, 6) is 1.40. The molecule has 1 aliphatic rings. The molecule has 1 fully saturated rings. The van der Waals surface area contributed by atoms with Gasteiger partial charge in [-0.2, -0.15) is 0 Å². The van der Waals surface area contributed by atoms with E-state index < -0.39 is 0 Å². The molecule has 0 unspecified atom stereocenters. The zero-order valence-corrected chi connectivity index (χ0v) is 22.2. The SMILES string of the molecule is C=CCc1ccccc1OCCOc1ccc(Br)cc1/C=C1\SC(=S)N(Cc2ccccc2)C1=O. The maximum atomic E-state index is 13.1. The lowest BCUT2D eigenvalue weighted by Gasteiger charge is -2.14. The molecule has 0 spiro atoms. The van der Waals surface area contributed by atoms with Gasteiger partial charge in [0.1, 0.15) is 29.0 Å². The summed E-state index contributed by atoms with van der Waals surface area (Å²) >= 11 is 10.3. The first-order valence-electron chi connectivity index (χ1n) is 11.1. The highest BCUT2D eigenvalue weighted by molar-refractivity contribution is 9.10. The molecule has 7 heteroatoms. The van der Waals surface area contributed by atoms with Crippen LogP contribution >= 0.6 is 39.9 Å². The molecule has 4 rings (SSSR count). The lowest BCUT2D eigenvalue weighted by Crippen LogP contribution is -2.27. The maximum absolute atomic E-state index is 13.1. The van der Waals surface area contributed by atoms with Gasteiger partial charge in [0, 0.05) is 10.0 Å². The molecular weight excluding hydrogens is 542 g/mol. The highest BCUT2D eigenvalue weighted by Gasteiger charge is 2.32. The first-order valence-corrected chi connectivity index (χ1v) is 13.1. The number of hydrogen-bond donors (Lipinski definition) is 0. The van der Waals surface area contributed by atoms with E-state index in [4.69, 9.17) is 21.7 Å². The van der Waals surface area contributed by atoms with Crippen molar-refractivity contribution in [3.8, 4) is 11.5 Å². The van der Waals surface area contributed by atoms with Crippen molar-refractivity contribution >= 4 is 56.2 Å². The van der Waals surface area contributed by atoms with Crippen molar-refractivity contribution in [1.82, 2.24) is 4.90 Å². The number of carbonyl (C=O) groups excluding carboxylic acids is 1. The Morgan fingerprint density at radius 1 is 0.971 bits per heavy atom. The molecule has 35 heavy (non-hydrogen) atoms. The number of carbonyl (C=O) groups is 1. The molecule has 4 nitrogen and oxygen atoms in total. The van der Waals surface area contributed by atoms with Crippen LogP contribution in [0.5, 0.6) is 11.5 Å². The number of amides is 1. The van der Waals surface area contributed by atoms with Crippen molar-refractivity contribution in [1.29, 1.82) is 0 Å². The third-order valence-corrected chi connectivity index (χ3v) is 7.12. The van der Waals surface area contributed by atoms with Crippen molar-refractivity contribution in [2.24, 2.45) is 0 Å². The zero-order chi connectivity index (χ0) is 24.6. The fourth-order valence-corrected chi connectivity index (χ4v) is 5.20. The zero-order valence-electron chi connectivity index (χ0n) is 19.0. The molecule has 3 aromatic rings. The third kappa shape index (κ3) is 6.63. The quantitative estimate of drug-likeness (QED) is 0.114. The van der Waals surface area contributed by atoms with Gasteiger partial charge in [-0.05, 0) is 47.9 Å². The molecule has 0 radical (unpaired) electrons. The van der Waals surface area contributed by atoms with Crippen LogP contribution in [-0.2, 0) is 17.8 Å². The van der Waals surface area contributed by atoms with E-state index in [0.29, 0.717) is 34.7 Å². The Morgan fingerprint density at radius 3 is 2.46 bits per heavy atom. The summed E-state index contributed by atoms with van der Waals surface area (Å²) in [6.45, 7) is 5.01. The summed E-state index contributed by atoms with van der Waals surface area (Å²) in [6.07, 6.45) is 4.44. The summed E-state index contributed by atoms with van der Waals surface area (Å²) in [5.41, 5.74) is 2.92. The van der Waals surface area contributed by atoms with Crippen molar-refractivity contribution in [3.05, 3.63) is 112 Å². The summed E-state index contributed by atoms with van der Waals surface area (Å²) in [5, 5.41) is 0. The van der Waals surface area contributed by atoms with Crippen LogP contribution in [0.4, 0.5) is 0 Å². The first-order chi connectivity index (χ1) is 17.0. The lowest BCUT2D eigenvalue weighted by molar-refractivity contribution is -0.122. The van der Waals surface area contributed by atoms with E-state index in [1.54, 1.807) is 4.90 Å². The second-order valence-electron chi connectivity index (χ2n) is 7.73. The molecule has 1 amide bonds. The molecule has 0 aromatic heterocycles. The number of thiocarbonyl (C=S) groups is 1. The minimum absolute atomic E-state index is 0.100. The molecule has 178 valence electrons. The largest absolute Gasteiger partial charge is 0.490 e. The number of para-hydroxylation sites is 1. The van der Waals surface area contributed by atoms with Gasteiger partial charge in [0.25, 0.3) is 5.91 Å². The smallest absolute Gasteiger partial charge is 0.266 e. The number of allylic oxidation sites excluding steroid dienone is 1. The van der Waals surface area contributed by atoms with Gasteiger partial charge >= 0.3 is 0 Å². The van der Waals surface area contributed by atoms with E-state index in [2.05, 4.69) is 22.5 Å². The van der Waals surface area contributed by atoms with Gasteiger partial charge in [0.15, 0.2) is 0 Å². The lowest BCUT2D eigenvalue weighted by atomic mass is 10.1. The molecule has 1 aliphatic heterocycles. The van der Waals surface area contributed by atoms with E-state index in [-0.39, 0.29) is 5.91 Å². The van der Waals surface area contributed by atoms with Crippen LogP contribution in [0.25, 0.3) is 6.08 Å². The Kier molecular flexibility index (Phi) is 8.79. The number of nitrogens with zero attached hydrogens (tertiary/aromatic N) is 1. The Balaban J connectivity index is 1.43. The number of halogens is 1. The predicted octanol–water partition coefficient (Wildman–Crippen LogP) is 7.04. The van der Waals surface area contributed by atoms with E-state index in [1.165, 1.54) is 11.8 Å². The van der Waals surface area contributed by atoms with E-state index in [0.717, 1.165) is 33.3 Å². The minimum atomic E-state index is -0.100. The Bertz CT molecular complexity index is 1260. The molecule has 0 saturated carbocycles. The highest BCUT2D eigenvalue weighted by atomic mass is 79.9. The maximum Gasteiger partial charge on any atom is 0.266 e. The molecule has 1 heterocycles. The first kappa shape index (κ1) is 25.2. The molecule has 0 aliphatic carbocycles. The highest BCUT2D eigenvalue weighted by Crippen LogP contribution is 2.36. The number of ether oxygens (including phenoxy) is 2. The second kappa shape index (κ2) is 12.2. The van der Waals surface area contributed by atoms with Gasteiger partial charge in [-0.3, -0.25) is 9.69 Å². The summed E-state index contributed by atoms with van der Waals surface area (Å²) in [7, 11) is 0. The monoisotopic (exact) mass is 565 g/mol. The standard InChI is InChI=1S/C28H24BrNO3S2/c1-2-8-21-11-6-7-12-24(21)32-15-16-33-25-14-13-23(29)17-22(25)18-26-27(31)30(28(34)35-26)19-20-9-4-3-5-10-20/h2-7,9-14,17-18H,1,8,15-16,19H2/b26-18-. The molecule has 0 N–H and O–H groups in total. The Labute approximate surface area is 223 Å². The van der Waals surface area contributed by atoms with E-state index in [9.17, 15) is 4.79 Å².